The van der Waals surface area contributed by atoms with Gasteiger partial charge in [0, 0.05) is 23.7 Å². The summed E-state index contributed by atoms with van der Waals surface area (Å²) in [6.07, 6.45) is 2.05. The minimum Gasteiger partial charge on any atom is -0.465 e. The van der Waals surface area contributed by atoms with E-state index in [9.17, 15) is 9.59 Å². The lowest BCUT2D eigenvalue weighted by molar-refractivity contribution is -0.148. The van der Waals surface area contributed by atoms with Crippen LogP contribution in [0.3, 0.4) is 0 Å². The number of anilines is 1. The Morgan fingerprint density at radius 3 is 2.75 bits per heavy atom. The van der Waals surface area contributed by atoms with Crippen molar-refractivity contribution in [1.29, 1.82) is 0 Å². The fourth-order valence-electron chi connectivity index (χ4n) is 2.17. The lowest BCUT2D eigenvalue weighted by atomic mass is 10.1. The molecular formula is C15H18ClNO3. The van der Waals surface area contributed by atoms with Gasteiger partial charge in [-0.05, 0) is 30.7 Å². The van der Waals surface area contributed by atoms with Crippen molar-refractivity contribution in [3.05, 3.63) is 29.3 Å². The van der Waals surface area contributed by atoms with Crippen molar-refractivity contribution in [3.8, 4) is 0 Å². The van der Waals surface area contributed by atoms with Gasteiger partial charge < -0.3 is 9.64 Å². The molecule has 0 aliphatic carbocycles. The van der Waals surface area contributed by atoms with Crippen molar-refractivity contribution in [2.45, 2.75) is 26.2 Å². The van der Waals surface area contributed by atoms with E-state index in [4.69, 9.17) is 16.3 Å². The second-order valence-electron chi connectivity index (χ2n) is 4.90. The van der Waals surface area contributed by atoms with Gasteiger partial charge in [-0.1, -0.05) is 24.9 Å². The molecule has 1 fully saturated rings. The van der Waals surface area contributed by atoms with Gasteiger partial charge in [-0.15, -0.1) is 0 Å². The third-order valence-electron chi connectivity index (χ3n) is 3.34. The van der Waals surface area contributed by atoms with Crippen LogP contribution in [0.1, 0.15) is 26.2 Å². The molecule has 108 valence electrons. The van der Waals surface area contributed by atoms with Crippen LogP contribution in [0.25, 0.3) is 0 Å². The number of rotatable bonds is 5. The van der Waals surface area contributed by atoms with E-state index < -0.39 is 0 Å². The molecule has 1 saturated heterocycles. The quantitative estimate of drug-likeness (QED) is 0.619. The van der Waals surface area contributed by atoms with Gasteiger partial charge in [0.25, 0.3) is 0 Å². The van der Waals surface area contributed by atoms with E-state index in [0.29, 0.717) is 18.2 Å². The number of benzene rings is 1. The highest BCUT2D eigenvalue weighted by Crippen LogP contribution is 2.26. The van der Waals surface area contributed by atoms with Gasteiger partial charge in [0.15, 0.2) is 0 Å². The number of hydrogen-bond acceptors (Lipinski definition) is 3. The van der Waals surface area contributed by atoms with Crippen molar-refractivity contribution in [3.63, 3.8) is 0 Å². The van der Waals surface area contributed by atoms with Crippen LogP contribution in [-0.2, 0) is 14.3 Å². The molecule has 1 aromatic carbocycles. The maximum Gasteiger partial charge on any atom is 0.311 e. The number of hydrogen-bond donors (Lipinski definition) is 0. The molecule has 0 spiro atoms. The van der Waals surface area contributed by atoms with Crippen molar-refractivity contribution in [2.75, 3.05) is 18.1 Å². The van der Waals surface area contributed by atoms with Gasteiger partial charge in [-0.2, -0.15) is 0 Å². The predicted molar refractivity (Wildman–Crippen MR) is 77.8 cm³/mol. The molecule has 0 aromatic heterocycles. The number of carbonyl (C=O) groups excluding carboxylic acids is 2. The molecule has 20 heavy (non-hydrogen) atoms. The zero-order valence-electron chi connectivity index (χ0n) is 11.5. The summed E-state index contributed by atoms with van der Waals surface area (Å²) in [7, 11) is 0. The van der Waals surface area contributed by atoms with E-state index in [-0.39, 0.29) is 24.2 Å². The van der Waals surface area contributed by atoms with Gasteiger partial charge in [0.2, 0.25) is 5.91 Å². The Balaban J connectivity index is 1.96. The van der Waals surface area contributed by atoms with Crippen molar-refractivity contribution < 1.29 is 14.3 Å². The Morgan fingerprint density at radius 1 is 1.40 bits per heavy atom. The first kappa shape index (κ1) is 14.9. The highest BCUT2D eigenvalue weighted by Gasteiger charge is 2.36. The molecule has 5 heteroatoms. The van der Waals surface area contributed by atoms with E-state index in [1.165, 1.54) is 0 Å². The minimum absolute atomic E-state index is 0.0511. The van der Waals surface area contributed by atoms with Gasteiger partial charge in [0.1, 0.15) is 0 Å². The molecule has 0 bridgehead atoms. The molecule has 2 rings (SSSR count). The lowest BCUT2D eigenvalue weighted by Crippen LogP contribution is -2.26. The zero-order valence-corrected chi connectivity index (χ0v) is 12.2. The van der Waals surface area contributed by atoms with Crippen LogP contribution in [0.5, 0.6) is 0 Å². The second-order valence-corrected chi connectivity index (χ2v) is 5.34. The summed E-state index contributed by atoms with van der Waals surface area (Å²) < 4.78 is 5.18. The van der Waals surface area contributed by atoms with Gasteiger partial charge in [0.05, 0.1) is 12.5 Å². The molecule has 1 amide bonds. The number of ether oxygens (including phenoxy) is 1. The van der Waals surface area contributed by atoms with Crippen LogP contribution in [0.15, 0.2) is 24.3 Å². The Kier molecular flexibility index (Phi) is 5.01. The highest BCUT2D eigenvalue weighted by atomic mass is 35.5. The van der Waals surface area contributed by atoms with Crippen LogP contribution in [0, 0.1) is 5.92 Å². The smallest absolute Gasteiger partial charge is 0.311 e. The van der Waals surface area contributed by atoms with Crippen LogP contribution in [0.4, 0.5) is 5.69 Å². The molecule has 1 heterocycles. The monoisotopic (exact) mass is 295 g/mol. The SMILES string of the molecule is CCCCOC(=O)C1CC(=O)N(c2ccc(Cl)cc2)C1. The first-order valence-corrected chi connectivity index (χ1v) is 7.22. The Bertz CT molecular complexity index is 486. The number of carbonyl (C=O) groups is 2. The van der Waals surface area contributed by atoms with Crippen LogP contribution in [-0.4, -0.2) is 25.0 Å². The van der Waals surface area contributed by atoms with Crippen LogP contribution >= 0.6 is 11.6 Å². The highest BCUT2D eigenvalue weighted by molar-refractivity contribution is 6.30. The van der Waals surface area contributed by atoms with E-state index >= 15 is 0 Å². The second kappa shape index (κ2) is 6.75. The largest absolute Gasteiger partial charge is 0.465 e. The standard InChI is InChI=1S/C15H18ClNO3/c1-2-3-8-20-15(19)11-9-14(18)17(10-11)13-6-4-12(16)5-7-13/h4-7,11H,2-3,8-10H2,1H3. The van der Waals surface area contributed by atoms with Crippen molar-refractivity contribution in [1.82, 2.24) is 0 Å². The number of nitrogens with zero attached hydrogens (tertiary/aromatic N) is 1. The van der Waals surface area contributed by atoms with Gasteiger partial charge >= 0.3 is 5.97 Å². The van der Waals surface area contributed by atoms with E-state index in [1.54, 1.807) is 29.2 Å². The Labute approximate surface area is 123 Å². The van der Waals surface area contributed by atoms with Crippen molar-refractivity contribution in [2.24, 2.45) is 5.92 Å². The molecule has 1 atom stereocenters. The summed E-state index contributed by atoms with van der Waals surface area (Å²) in [6.45, 7) is 2.85. The summed E-state index contributed by atoms with van der Waals surface area (Å²) in [4.78, 5) is 25.5. The Morgan fingerprint density at radius 2 is 2.10 bits per heavy atom. The fraction of sp³-hybridized carbons (Fsp3) is 0.467. The number of amides is 1. The number of esters is 1. The number of halogens is 1. The van der Waals surface area contributed by atoms with Gasteiger partial charge in [-0.25, -0.2) is 0 Å². The average molecular weight is 296 g/mol. The number of unbranched alkanes of at least 4 members (excludes halogenated alkanes) is 1. The predicted octanol–water partition coefficient (Wildman–Crippen LogP) is 3.04. The molecule has 4 nitrogen and oxygen atoms in total. The molecule has 0 radical (unpaired) electrons. The first-order valence-electron chi connectivity index (χ1n) is 6.84. The summed E-state index contributed by atoms with van der Waals surface area (Å²) >= 11 is 5.83. The third-order valence-corrected chi connectivity index (χ3v) is 3.59. The summed E-state index contributed by atoms with van der Waals surface area (Å²) in [6, 6.07) is 7.03. The van der Waals surface area contributed by atoms with Crippen LogP contribution < -0.4 is 4.90 Å². The lowest BCUT2D eigenvalue weighted by Gasteiger charge is -2.16. The zero-order chi connectivity index (χ0) is 14.5. The molecule has 1 unspecified atom stereocenters. The van der Waals surface area contributed by atoms with E-state index in [2.05, 4.69) is 0 Å². The normalized spacial score (nSPS) is 18.4. The summed E-state index contributed by atoms with van der Waals surface area (Å²) in [5, 5.41) is 0.621. The molecule has 0 N–H and O–H groups in total. The van der Waals surface area contributed by atoms with Crippen LogP contribution in [0.2, 0.25) is 5.02 Å². The maximum atomic E-state index is 12.0. The third kappa shape index (κ3) is 3.51. The molecular weight excluding hydrogens is 278 g/mol. The summed E-state index contributed by atoms with van der Waals surface area (Å²) in [5.41, 5.74) is 0.767. The topological polar surface area (TPSA) is 46.6 Å². The summed E-state index contributed by atoms with van der Waals surface area (Å²) in [5.74, 6) is -0.692. The molecule has 1 aliphatic rings. The molecule has 1 aromatic rings. The molecule has 0 saturated carbocycles. The van der Waals surface area contributed by atoms with E-state index in [0.717, 1.165) is 18.5 Å². The van der Waals surface area contributed by atoms with Crippen molar-refractivity contribution >= 4 is 29.2 Å². The fourth-order valence-corrected chi connectivity index (χ4v) is 2.30. The Hall–Kier alpha value is -1.55. The average Bonchev–Trinajstić information content (AvgIpc) is 2.82. The molecule has 1 aliphatic heterocycles. The minimum atomic E-state index is -0.366. The van der Waals surface area contributed by atoms with Gasteiger partial charge in [-0.3, -0.25) is 9.59 Å². The van der Waals surface area contributed by atoms with E-state index in [1.807, 2.05) is 6.92 Å². The first-order chi connectivity index (χ1) is 9.61. The maximum absolute atomic E-state index is 12.0.